The molecular weight excluding hydrogens is 260 g/mol. The summed E-state index contributed by atoms with van der Waals surface area (Å²) in [7, 11) is 4.23. The van der Waals surface area contributed by atoms with Crippen LogP contribution in [-0.4, -0.2) is 31.6 Å². The minimum absolute atomic E-state index is 0.366. The van der Waals surface area contributed by atoms with Crippen LogP contribution < -0.4 is 10.1 Å². The van der Waals surface area contributed by atoms with Crippen LogP contribution in [0.25, 0.3) is 0 Å². The van der Waals surface area contributed by atoms with Crippen LogP contribution in [0.2, 0.25) is 0 Å². The molecular formula is C18H30N2O. The Morgan fingerprint density at radius 2 is 2.05 bits per heavy atom. The fraction of sp³-hybridized carbons (Fsp3) is 0.667. The van der Waals surface area contributed by atoms with Crippen LogP contribution in [-0.2, 0) is 6.54 Å². The summed E-state index contributed by atoms with van der Waals surface area (Å²) in [6, 6.07) is 7.61. The third-order valence-corrected chi connectivity index (χ3v) is 4.74. The zero-order valence-corrected chi connectivity index (χ0v) is 14.1. The van der Waals surface area contributed by atoms with Crippen molar-refractivity contribution in [2.45, 2.75) is 52.2 Å². The second-order valence-corrected chi connectivity index (χ2v) is 6.30. The van der Waals surface area contributed by atoms with Gasteiger partial charge in [0.05, 0.1) is 6.61 Å². The lowest BCUT2D eigenvalue weighted by atomic mass is 10.0. The predicted molar refractivity (Wildman–Crippen MR) is 88.7 cm³/mol. The van der Waals surface area contributed by atoms with Crippen LogP contribution in [0.15, 0.2) is 18.2 Å². The monoisotopic (exact) mass is 290 g/mol. The van der Waals surface area contributed by atoms with E-state index in [4.69, 9.17) is 4.74 Å². The Labute approximate surface area is 129 Å². The molecule has 1 N–H and O–H groups in total. The van der Waals surface area contributed by atoms with Gasteiger partial charge in [-0.1, -0.05) is 6.07 Å². The first-order valence-corrected chi connectivity index (χ1v) is 8.20. The highest BCUT2D eigenvalue weighted by Gasteiger charge is 2.30. The highest BCUT2D eigenvalue weighted by Crippen LogP contribution is 2.35. The van der Waals surface area contributed by atoms with Crippen molar-refractivity contribution in [3.8, 4) is 5.75 Å². The van der Waals surface area contributed by atoms with Crippen LogP contribution in [0.4, 0.5) is 0 Å². The van der Waals surface area contributed by atoms with Gasteiger partial charge < -0.3 is 10.1 Å². The van der Waals surface area contributed by atoms with Gasteiger partial charge in [-0.3, -0.25) is 4.90 Å². The summed E-state index contributed by atoms with van der Waals surface area (Å²) in [5, 5.41) is 3.31. The van der Waals surface area contributed by atoms with E-state index in [1.54, 1.807) is 0 Å². The molecule has 1 saturated carbocycles. The summed E-state index contributed by atoms with van der Waals surface area (Å²) in [5.41, 5.74) is 2.62. The van der Waals surface area contributed by atoms with Crippen LogP contribution >= 0.6 is 0 Å². The van der Waals surface area contributed by atoms with Crippen LogP contribution in [0, 0.1) is 5.92 Å². The lowest BCUT2D eigenvalue weighted by Gasteiger charge is -2.26. The number of nitrogens with zero attached hydrogens (tertiary/aromatic N) is 1. The van der Waals surface area contributed by atoms with Gasteiger partial charge in [-0.25, -0.2) is 0 Å². The molecule has 1 aliphatic rings. The molecule has 1 aromatic rings. The lowest BCUT2D eigenvalue weighted by molar-refractivity contribution is 0.222. The topological polar surface area (TPSA) is 24.5 Å². The Morgan fingerprint density at radius 1 is 1.33 bits per heavy atom. The zero-order valence-electron chi connectivity index (χ0n) is 14.1. The first-order chi connectivity index (χ1) is 10.1. The minimum Gasteiger partial charge on any atom is -0.494 e. The molecule has 0 aliphatic heterocycles. The fourth-order valence-electron chi connectivity index (χ4n) is 2.81. The average Bonchev–Trinajstić information content (AvgIpc) is 3.32. The van der Waals surface area contributed by atoms with Crippen LogP contribution in [0.1, 0.15) is 50.8 Å². The smallest absolute Gasteiger partial charge is 0.123 e. The molecule has 1 fully saturated rings. The number of ether oxygens (including phenoxy) is 1. The first-order valence-electron chi connectivity index (χ1n) is 8.20. The van der Waals surface area contributed by atoms with Crippen molar-refractivity contribution in [1.29, 1.82) is 0 Å². The summed E-state index contributed by atoms with van der Waals surface area (Å²) in [5.74, 6) is 1.92. The number of hydrogen-bond acceptors (Lipinski definition) is 3. The molecule has 3 nitrogen and oxygen atoms in total. The van der Waals surface area contributed by atoms with Gasteiger partial charge in [-0.05, 0) is 71.3 Å². The molecule has 21 heavy (non-hydrogen) atoms. The molecule has 0 spiro atoms. The number of nitrogens with one attached hydrogen (secondary N) is 1. The third-order valence-electron chi connectivity index (χ3n) is 4.74. The van der Waals surface area contributed by atoms with E-state index >= 15 is 0 Å². The maximum absolute atomic E-state index is 5.82. The fourth-order valence-corrected chi connectivity index (χ4v) is 2.81. The second-order valence-electron chi connectivity index (χ2n) is 6.30. The maximum atomic E-state index is 5.82. The van der Waals surface area contributed by atoms with Crippen molar-refractivity contribution >= 4 is 0 Å². The Bertz CT molecular complexity index is 457. The van der Waals surface area contributed by atoms with Crippen molar-refractivity contribution in [2.24, 2.45) is 5.92 Å². The highest BCUT2D eigenvalue weighted by atomic mass is 16.5. The summed E-state index contributed by atoms with van der Waals surface area (Å²) in [6.45, 7) is 8.26. The molecule has 0 heterocycles. The van der Waals surface area contributed by atoms with Crippen LogP contribution in [0.3, 0.4) is 0 Å². The van der Waals surface area contributed by atoms with E-state index in [0.29, 0.717) is 12.1 Å². The Morgan fingerprint density at radius 3 is 2.62 bits per heavy atom. The minimum atomic E-state index is 0.366. The molecule has 0 aromatic heterocycles. The molecule has 0 amide bonds. The maximum Gasteiger partial charge on any atom is 0.123 e. The molecule has 1 aliphatic carbocycles. The van der Waals surface area contributed by atoms with Gasteiger partial charge in [-0.2, -0.15) is 0 Å². The third kappa shape index (κ3) is 4.21. The van der Waals surface area contributed by atoms with E-state index < -0.39 is 0 Å². The van der Waals surface area contributed by atoms with Gasteiger partial charge in [0.2, 0.25) is 0 Å². The second kappa shape index (κ2) is 7.28. The van der Waals surface area contributed by atoms with E-state index in [2.05, 4.69) is 49.3 Å². The summed E-state index contributed by atoms with van der Waals surface area (Å²) >= 11 is 0. The summed E-state index contributed by atoms with van der Waals surface area (Å²) in [6.07, 6.45) is 2.78. The lowest BCUT2D eigenvalue weighted by Crippen LogP contribution is -2.30. The van der Waals surface area contributed by atoms with Crippen LogP contribution in [0.5, 0.6) is 5.75 Å². The van der Waals surface area contributed by atoms with E-state index in [0.717, 1.165) is 24.8 Å². The van der Waals surface area contributed by atoms with E-state index in [1.807, 2.05) is 14.0 Å². The Balaban J connectivity index is 2.16. The largest absolute Gasteiger partial charge is 0.494 e. The molecule has 0 saturated heterocycles. The first kappa shape index (κ1) is 16.3. The Hall–Kier alpha value is -1.06. The van der Waals surface area contributed by atoms with Gasteiger partial charge in [0.25, 0.3) is 0 Å². The quantitative estimate of drug-likeness (QED) is 0.792. The SMILES string of the molecule is CCOc1ccc(C(C)NC)cc1CN(C)C(C)C1CC1. The Kier molecular flexibility index (Phi) is 5.65. The molecule has 1 aromatic carbocycles. The van der Waals surface area contributed by atoms with Gasteiger partial charge >= 0.3 is 0 Å². The van der Waals surface area contributed by atoms with Crippen molar-refractivity contribution < 1.29 is 4.74 Å². The number of hydrogen-bond donors (Lipinski definition) is 1. The van der Waals surface area contributed by atoms with Gasteiger partial charge in [-0.15, -0.1) is 0 Å². The van der Waals surface area contributed by atoms with E-state index in [9.17, 15) is 0 Å². The molecule has 0 bridgehead atoms. The number of benzene rings is 1. The molecule has 2 atom stereocenters. The van der Waals surface area contributed by atoms with E-state index in [1.165, 1.54) is 24.0 Å². The standard InChI is InChI=1S/C18H30N2O/c1-6-21-18-10-9-16(13(2)19-4)11-17(18)12-20(5)14(3)15-7-8-15/h9-11,13-15,19H,6-8,12H2,1-5H3. The van der Waals surface area contributed by atoms with Crippen molar-refractivity contribution in [1.82, 2.24) is 10.2 Å². The molecule has 0 radical (unpaired) electrons. The summed E-state index contributed by atoms with van der Waals surface area (Å²) < 4.78 is 5.82. The highest BCUT2D eigenvalue weighted by molar-refractivity contribution is 5.38. The van der Waals surface area contributed by atoms with E-state index in [-0.39, 0.29) is 0 Å². The van der Waals surface area contributed by atoms with Gasteiger partial charge in [0.15, 0.2) is 0 Å². The average molecular weight is 290 g/mol. The molecule has 2 rings (SSSR count). The zero-order chi connectivity index (χ0) is 15.4. The van der Waals surface area contributed by atoms with Gasteiger partial charge in [0, 0.05) is 24.2 Å². The molecule has 2 unspecified atom stereocenters. The van der Waals surface area contributed by atoms with Gasteiger partial charge in [0.1, 0.15) is 5.75 Å². The van der Waals surface area contributed by atoms with Crippen molar-refractivity contribution in [2.75, 3.05) is 20.7 Å². The normalized spacial score (nSPS) is 17.8. The summed E-state index contributed by atoms with van der Waals surface area (Å²) in [4.78, 5) is 2.46. The van der Waals surface area contributed by atoms with Crippen molar-refractivity contribution in [3.63, 3.8) is 0 Å². The predicted octanol–water partition coefficient (Wildman–Crippen LogP) is 3.60. The number of rotatable bonds is 8. The van der Waals surface area contributed by atoms with Crippen molar-refractivity contribution in [3.05, 3.63) is 29.3 Å². The molecule has 118 valence electrons. The molecule has 3 heteroatoms.